The van der Waals surface area contributed by atoms with Gasteiger partial charge >= 0.3 is 0 Å². The molecule has 0 aliphatic carbocycles. The standard InChI is InChI=1S/C11H15NO4S2/c13-9-10-1-3-11(4-2-10)18(15,16)12-5-7-17(14)8-6-12/h1-4,13H,5-9H2. The van der Waals surface area contributed by atoms with E-state index in [0.29, 0.717) is 30.2 Å². The van der Waals surface area contributed by atoms with Crippen molar-refractivity contribution in [2.75, 3.05) is 24.6 Å². The fourth-order valence-corrected chi connectivity index (χ4v) is 4.50. The molecule has 5 nitrogen and oxygen atoms in total. The van der Waals surface area contributed by atoms with Gasteiger partial charge in [0.2, 0.25) is 10.0 Å². The van der Waals surface area contributed by atoms with E-state index in [9.17, 15) is 12.6 Å². The van der Waals surface area contributed by atoms with Crippen molar-refractivity contribution in [3.05, 3.63) is 29.8 Å². The summed E-state index contributed by atoms with van der Waals surface area (Å²) in [5.41, 5.74) is 0.675. The van der Waals surface area contributed by atoms with Crippen LogP contribution in [0.1, 0.15) is 5.56 Å². The average molecular weight is 289 g/mol. The summed E-state index contributed by atoms with van der Waals surface area (Å²) in [4.78, 5) is 0.215. The summed E-state index contributed by atoms with van der Waals surface area (Å²) < 4.78 is 37.1. The van der Waals surface area contributed by atoms with Crippen LogP contribution >= 0.6 is 0 Å². The van der Waals surface area contributed by atoms with Gasteiger partial charge in [0.1, 0.15) is 0 Å². The van der Waals surface area contributed by atoms with Gasteiger partial charge in [0.05, 0.1) is 11.5 Å². The van der Waals surface area contributed by atoms with Crippen LogP contribution in [-0.4, -0.2) is 46.6 Å². The predicted molar refractivity (Wildman–Crippen MR) is 69.0 cm³/mol. The van der Waals surface area contributed by atoms with Gasteiger partial charge in [-0.15, -0.1) is 0 Å². The third kappa shape index (κ3) is 2.80. The second-order valence-corrected chi connectivity index (χ2v) is 7.69. The average Bonchev–Trinajstić information content (AvgIpc) is 2.39. The molecule has 18 heavy (non-hydrogen) atoms. The lowest BCUT2D eigenvalue weighted by Crippen LogP contribution is -2.41. The molecule has 0 atom stereocenters. The topological polar surface area (TPSA) is 74.7 Å². The van der Waals surface area contributed by atoms with Crippen LogP contribution in [0.25, 0.3) is 0 Å². The Bertz CT molecular complexity index is 529. The summed E-state index contributed by atoms with van der Waals surface area (Å²) in [5.74, 6) is 0.794. The molecule has 100 valence electrons. The molecule has 0 amide bonds. The van der Waals surface area contributed by atoms with Gasteiger partial charge in [-0.25, -0.2) is 8.42 Å². The molecule has 1 saturated heterocycles. The van der Waals surface area contributed by atoms with E-state index < -0.39 is 20.8 Å². The number of hydrogen-bond donors (Lipinski definition) is 1. The Morgan fingerprint density at radius 3 is 2.22 bits per heavy atom. The Morgan fingerprint density at radius 1 is 1.17 bits per heavy atom. The number of nitrogens with zero attached hydrogens (tertiary/aromatic N) is 1. The Labute approximate surface area is 109 Å². The lowest BCUT2D eigenvalue weighted by Gasteiger charge is -2.25. The molecule has 1 aliphatic rings. The summed E-state index contributed by atoms with van der Waals surface area (Å²) in [6.45, 7) is 0.496. The second kappa shape index (κ2) is 5.48. The molecular formula is C11H15NO4S2. The fraction of sp³-hybridized carbons (Fsp3) is 0.455. The summed E-state index contributed by atoms with van der Waals surface area (Å²) in [7, 11) is -4.39. The highest BCUT2D eigenvalue weighted by atomic mass is 32.2. The van der Waals surface area contributed by atoms with E-state index in [0.717, 1.165) is 0 Å². The predicted octanol–water partition coefficient (Wildman–Crippen LogP) is -0.0681. The zero-order chi connectivity index (χ0) is 13.2. The third-order valence-electron chi connectivity index (χ3n) is 2.88. The van der Waals surface area contributed by atoms with Crippen molar-refractivity contribution in [2.24, 2.45) is 0 Å². The number of rotatable bonds is 3. The molecule has 1 fully saturated rings. The normalized spacial score (nSPS) is 18.9. The largest absolute Gasteiger partial charge is 0.392 e. The molecule has 1 heterocycles. The highest BCUT2D eigenvalue weighted by Crippen LogP contribution is 2.18. The van der Waals surface area contributed by atoms with Crippen LogP contribution in [0.15, 0.2) is 29.2 Å². The summed E-state index contributed by atoms with van der Waals surface area (Å²) in [6.07, 6.45) is 0. The third-order valence-corrected chi connectivity index (χ3v) is 6.07. The lowest BCUT2D eigenvalue weighted by atomic mass is 10.2. The van der Waals surface area contributed by atoms with Crippen LogP contribution in [0.3, 0.4) is 0 Å². The molecule has 1 aliphatic heterocycles. The molecule has 0 bridgehead atoms. The highest BCUT2D eigenvalue weighted by Gasteiger charge is 2.27. The Morgan fingerprint density at radius 2 is 1.72 bits per heavy atom. The quantitative estimate of drug-likeness (QED) is 0.845. The number of sulfonamides is 1. The van der Waals surface area contributed by atoms with Gasteiger partial charge in [-0.2, -0.15) is 4.31 Å². The molecular weight excluding hydrogens is 274 g/mol. The SMILES string of the molecule is O=S1CCN(S(=O)(=O)c2ccc(CO)cc2)CC1. The van der Waals surface area contributed by atoms with Gasteiger partial charge in [-0.05, 0) is 17.7 Å². The van der Waals surface area contributed by atoms with E-state index in [4.69, 9.17) is 5.11 Å². The molecule has 0 radical (unpaired) electrons. The van der Waals surface area contributed by atoms with Gasteiger partial charge in [-0.1, -0.05) is 12.1 Å². The Hall–Kier alpha value is -0.760. The Balaban J connectivity index is 2.21. The first-order chi connectivity index (χ1) is 8.54. The number of hydrogen-bond acceptors (Lipinski definition) is 4. The summed E-state index contributed by atoms with van der Waals surface area (Å²) in [5, 5.41) is 8.92. The smallest absolute Gasteiger partial charge is 0.243 e. The minimum atomic E-state index is -3.49. The first-order valence-electron chi connectivity index (χ1n) is 5.59. The molecule has 0 aromatic heterocycles. The minimum absolute atomic E-state index is 0.108. The van der Waals surface area contributed by atoms with Crippen molar-refractivity contribution in [2.45, 2.75) is 11.5 Å². The number of benzene rings is 1. The van der Waals surface area contributed by atoms with Crippen molar-refractivity contribution >= 4 is 20.8 Å². The van der Waals surface area contributed by atoms with Crippen LogP contribution in [0, 0.1) is 0 Å². The zero-order valence-corrected chi connectivity index (χ0v) is 11.4. The first-order valence-corrected chi connectivity index (χ1v) is 8.52. The van der Waals surface area contributed by atoms with Crippen molar-refractivity contribution in [1.29, 1.82) is 0 Å². The maximum atomic E-state index is 12.3. The van der Waals surface area contributed by atoms with E-state index in [2.05, 4.69) is 0 Å². The van der Waals surface area contributed by atoms with Crippen LogP contribution in [0.5, 0.6) is 0 Å². The zero-order valence-electron chi connectivity index (χ0n) is 9.78. The first kappa shape index (κ1) is 13.7. The molecule has 1 N–H and O–H groups in total. The molecule has 0 spiro atoms. The van der Waals surface area contributed by atoms with Crippen LogP contribution in [0.2, 0.25) is 0 Å². The molecule has 2 rings (SSSR count). The fourth-order valence-electron chi connectivity index (χ4n) is 1.78. The monoisotopic (exact) mass is 289 g/mol. The highest BCUT2D eigenvalue weighted by molar-refractivity contribution is 7.89. The van der Waals surface area contributed by atoms with Crippen LogP contribution in [0.4, 0.5) is 0 Å². The van der Waals surface area contributed by atoms with Crippen molar-refractivity contribution in [3.8, 4) is 0 Å². The van der Waals surface area contributed by atoms with Crippen molar-refractivity contribution in [1.82, 2.24) is 4.31 Å². The van der Waals surface area contributed by atoms with E-state index in [1.807, 2.05) is 0 Å². The van der Waals surface area contributed by atoms with E-state index >= 15 is 0 Å². The van der Waals surface area contributed by atoms with E-state index in [1.165, 1.54) is 16.4 Å². The lowest BCUT2D eigenvalue weighted by molar-refractivity contribution is 0.281. The second-order valence-electron chi connectivity index (χ2n) is 4.05. The van der Waals surface area contributed by atoms with Gasteiger partial charge in [0.25, 0.3) is 0 Å². The maximum Gasteiger partial charge on any atom is 0.243 e. The molecule has 0 unspecified atom stereocenters. The van der Waals surface area contributed by atoms with E-state index in [1.54, 1.807) is 12.1 Å². The number of aliphatic hydroxyl groups is 1. The van der Waals surface area contributed by atoms with Gasteiger partial charge < -0.3 is 5.11 Å². The summed E-state index contributed by atoms with van der Waals surface area (Å²) >= 11 is 0. The molecule has 1 aromatic rings. The van der Waals surface area contributed by atoms with Gasteiger partial charge in [-0.3, -0.25) is 4.21 Å². The van der Waals surface area contributed by atoms with Crippen LogP contribution in [-0.2, 0) is 27.4 Å². The minimum Gasteiger partial charge on any atom is -0.392 e. The van der Waals surface area contributed by atoms with E-state index in [-0.39, 0.29) is 11.5 Å². The molecule has 1 aromatic carbocycles. The van der Waals surface area contributed by atoms with Crippen molar-refractivity contribution in [3.63, 3.8) is 0 Å². The maximum absolute atomic E-state index is 12.3. The van der Waals surface area contributed by atoms with Gasteiger partial charge in [0.15, 0.2) is 0 Å². The van der Waals surface area contributed by atoms with Gasteiger partial charge in [0, 0.05) is 35.4 Å². The summed E-state index contributed by atoms with van der Waals surface area (Å²) in [6, 6.07) is 6.17. The van der Waals surface area contributed by atoms with Crippen LogP contribution < -0.4 is 0 Å². The van der Waals surface area contributed by atoms with Crippen molar-refractivity contribution < 1.29 is 17.7 Å². The molecule has 7 heteroatoms. The molecule has 0 saturated carbocycles. The number of aliphatic hydroxyl groups excluding tert-OH is 1. The Kier molecular flexibility index (Phi) is 4.16.